The second-order valence-corrected chi connectivity index (χ2v) is 4.21. The molecule has 1 N–H and O–H groups in total. The van der Waals surface area contributed by atoms with Gasteiger partial charge in [0, 0.05) is 6.21 Å². The minimum atomic E-state index is 0.225. The number of rotatable bonds is 2. The topological polar surface area (TPSA) is 32.6 Å². The van der Waals surface area contributed by atoms with Gasteiger partial charge in [0.1, 0.15) is 5.75 Å². The van der Waals surface area contributed by atoms with E-state index in [1.807, 2.05) is 0 Å². The Labute approximate surface area is 109 Å². The molecule has 0 saturated carbocycles. The van der Waals surface area contributed by atoms with Crippen molar-refractivity contribution in [3.8, 4) is 5.75 Å². The van der Waals surface area contributed by atoms with Crippen LogP contribution in [0.25, 0.3) is 0 Å². The molecule has 0 amide bonds. The van der Waals surface area contributed by atoms with Gasteiger partial charge in [0.15, 0.2) is 0 Å². The second-order valence-electron chi connectivity index (χ2n) is 3.42. The van der Waals surface area contributed by atoms with Crippen LogP contribution in [-0.2, 0) is 0 Å². The number of nitrogens with zero attached hydrogens (tertiary/aromatic N) is 1. The number of aliphatic imine (C=N–C) groups is 1. The Kier molecular flexibility index (Phi) is 3.67. The van der Waals surface area contributed by atoms with Crippen molar-refractivity contribution in [3.63, 3.8) is 0 Å². The zero-order chi connectivity index (χ0) is 12.3. The molecule has 17 heavy (non-hydrogen) atoms. The molecule has 0 bridgehead atoms. The molecular weight excluding hydrogens is 257 g/mol. The fourth-order valence-electron chi connectivity index (χ4n) is 1.30. The summed E-state index contributed by atoms with van der Waals surface area (Å²) in [7, 11) is 0. The first-order chi connectivity index (χ1) is 8.16. The van der Waals surface area contributed by atoms with Crippen LogP contribution in [0.3, 0.4) is 0 Å². The van der Waals surface area contributed by atoms with E-state index in [0.29, 0.717) is 15.7 Å². The number of hydrogen-bond donors (Lipinski definition) is 1. The van der Waals surface area contributed by atoms with Crippen LogP contribution in [0, 0.1) is 0 Å². The molecule has 4 heteroatoms. The number of phenols is 1. The zero-order valence-corrected chi connectivity index (χ0v) is 10.3. The molecule has 0 radical (unpaired) electrons. The number of hydrogen-bond acceptors (Lipinski definition) is 2. The fraction of sp³-hybridized carbons (Fsp3) is 0. The predicted octanol–water partition coefficient (Wildman–Crippen LogP) is 4.45. The molecule has 0 saturated heterocycles. The standard InChI is InChI=1S/C13H9Cl2NO/c14-11-2-1-3-12(13(11)15)16-8-9-4-6-10(17)7-5-9/h1-8,17H. The molecule has 0 atom stereocenters. The molecule has 0 heterocycles. The van der Waals surface area contributed by atoms with Crippen molar-refractivity contribution < 1.29 is 5.11 Å². The summed E-state index contributed by atoms with van der Waals surface area (Å²) in [5, 5.41) is 10.1. The molecule has 0 spiro atoms. The van der Waals surface area contributed by atoms with Crippen molar-refractivity contribution in [3.05, 3.63) is 58.1 Å². The highest BCUT2D eigenvalue weighted by Gasteiger charge is 2.01. The number of benzene rings is 2. The van der Waals surface area contributed by atoms with Gasteiger partial charge in [-0.15, -0.1) is 0 Å². The average Bonchev–Trinajstić information content (AvgIpc) is 2.33. The van der Waals surface area contributed by atoms with Gasteiger partial charge in [0.05, 0.1) is 15.7 Å². The minimum absolute atomic E-state index is 0.225. The van der Waals surface area contributed by atoms with Crippen molar-refractivity contribution in [2.24, 2.45) is 4.99 Å². The Morgan fingerprint density at radius 2 is 1.71 bits per heavy atom. The molecule has 0 aliphatic heterocycles. The third kappa shape index (κ3) is 2.99. The summed E-state index contributed by atoms with van der Waals surface area (Å²) >= 11 is 11.9. The van der Waals surface area contributed by atoms with Gasteiger partial charge in [-0.1, -0.05) is 29.3 Å². The van der Waals surface area contributed by atoms with Crippen LogP contribution in [0.4, 0.5) is 5.69 Å². The SMILES string of the molecule is Oc1ccc(C=Nc2cccc(Cl)c2Cl)cc1. The first kappa shape index (κ1) is 12.0. The molecule has 2 aromatic carbocycles. The van der Waals surface area contributed by atoms with Gasteiger partial charge in [0.2, 0.25) is 0 Å². The number of aromatic hydroxyl groups is 1. The molecule has 0 aliphatic rings. The molecule has 0 aliphatic carbocycles. The average molecular weight is 266 g/mol. The van der Waals surface area contributed by atoms with E-state index in [1.165, 1.54) is 0 Å². The third-order valence-corrected chi connectivity index (χ3v) is 2.99. The minimum Gasteiger partial charge on any atom is -0.508 e. The highest BCUT2D eigenvalue weighted by atomic mass is 35.5. The maximum atomic E-state index is 9.14. The lowest BCUT2D eigenvalue weighted by molar-refractivity contribution is 0.475. The lowest BCUT2D eigenvalue weighted by Crippen LogP contribution is -1.79. The lowest BCUT2D eigenvalue weighted by Gasteiger charge is -1.99. The quantitative estimate of drug-likeness (QED) is 0.800. The van der Waals surface area contributed by atoms with Crippen LogP contribution in [-0.4, -0.2) is 11.3 Å². The summed E-state index contributed by atoms with van der Waals surface area (Å²) in [4.78, 5) is 4.24. The normalized spacial score (nSPS) is 10.9. The van der Waals surface area contributed by atoms with E-state index in [9.17, 15) is 0 Å². The molecule has 0 aromatic heterocycles. The van der Waals surface area contributed by atoms with Crippen LogP contribution in [0.1, 0.15) is 5.56 Å². The fourth-order valence-corrected chi connectivity index (χ4v) is 1.64. The Hall–Kier alpha value is -1.51. The van der Waals surface area contributed by atoms with Crippen LogP contribution in [0.5, 0.6) is 5.75 Å². The van der Waals surface area contributed by atoms with Crippen molar-refractivity contribution in [2.45, 2.75) is 0 Å². The summed E-state index contributed by atoms with van der Waals surface area (Å²) in [6.45, 7) is 0. The van der Waals surface area contributed by atoms with E-state index in [0.717, 1.165) is 5.56 Å². The van der Waals surface area contributed by atoms with Crippen LogP contribution < -0.4 is 0 Å². The predicted molar refractivity (Wildman–Crippen MR) is 71.8 cm³/mol. The van der Waals surface area contributed by atoms with Crippen LogP contribution in [0.2, 0.25) is 10.0 Å². The maximum absolute atomic E-state index is 9.14. The van der Waals surface area contributed by atoms with E-state index in [4.69, 9.17) is 28.3 Å². The second kappa shape index (κ2) is 5.21. The van der Waals surface area contributed by atoms with Gasteiger partial charge >= 0.3 is 0 Å². The zero-order valence-electron chi connectivity index (χ0n) is 8.77. The molecule has 86 valence electrons. The van der Waals surface area contributed by atoms with Gasteiger partial charge in [-0.3, -0.25) is 4.99 Å². The summed E-state index contributed by atoms with van der Waals surface area (Å²) in [5.41, 5.74) is 1.49. The molecule has 2 rings (SSSR count). The van der Waals surface area contributed by atoms with E-state index in [-0.39, 0.29) is 5.75 Å². The van der Waals surface area contributed by atoms with Crippen molar-refractivity contribution in [1.82, 2.24) is 0 Å². The van der Waals surface area contributed by atoms with Gasteiger partial charge in [0.25, 0.3) is 0 Å². The third-order valence-electron chi connectivity index (χ3n) is 2.18. The molecule has 2 nitrogen and oxygen atoms in total. The summed E-state index contributed by atoms with van der Waals surface area (Å²) in [6.07, 6.45) is 1.66. The van der Waals surface area contributed by atoms with E-state index < -0.39 is 0 Å². The largest absolute Gasteiger partial charge is 0.508 e. The first-order valence-electron chi connectivity index (χ1n) is 4.94. The van der Waals surface area contributed by atoms with Crippen molar-refractivity contribution >= 4 is 35.1 Å². The summed E-state index contributed by atoms with van der Waals surface area (Å²) < 4.78 is 0. The Balaban J connectivity index is 2.26. The van der Waals surface area contributed by atoms with Gasteiger partial charge < -0.3 is 5.11 Å². The van der Waals surface area contributed by atoms with E-state index >= 15 is 0 Å². The molecular formula is C13H9Cl2NO. The highest BCUT2D eigenvalue weighted by Crippen LogP contribution is 2.31. The highest BCUT2D eigenvalue weighted by molar-refractivity contribution is 6.43. The Morgan fingerprint density at radius 1 is 1.00 bits per heavy atom. The van der Waals surface area contributed by atoms with Crippen molar-refractivity contribution in [1.29, 1.82) is 0 Å². The smallest absolute Gasteiger partial charge is 0.115 e. The summed E-state index contributed by atoms with van der Waals surface area (Å²) in [6, 6.07) is 12.0. The molecule has 0 unspecified atom stereocenters. The van der Waals surface area contributed by atoms with E-state index in [2.05, 4.69) is 4.99 Å². The van der Waals surface area contributed by atoms with Crippen molar-refractivity contribution in [2.75, 3.05) is 0 Å². The number of phenolic OH excluding ortho intramolecular Hbond substituents is 1. The summed E-state index contributed by atoms with van der Waals surface area (Å²) in [5.74, 6) is 0.225. The maximum Gasteiger partial charge on any atom is 0.115 e. The van der Waals surface area contributed by atoms with E-state index in [1.54, 1.807) is 48.7 Å². The monoisotopic (exact) mass is 265 g/mol. The molecule has 0 fully saturated rings. The Bertz CT molecular complexity index is 550. The first-order valence-corrected chi connectivity index (χ1v) is 5.69. The number of halogens is 2. The van der Waals surface area contributed by atoms with Gasteiger partial charge in [-0.2, -0.15) is 0 Å². The lowest BCUT2D eigenvalue weighted by atomic mass is 10.2. The molecule has 2 aromatic rings. The Morgan fingerprint density at radius 3 is 2.41 bits per heavy atom. The van der Waals surface area contributed by atoms with Gasteiger partial charge in [-0.05, 0) is 42.0 Å². The van der Waals surface area contributed by atoms with Gasteiger partial charge in [-0.25, -0.2) is 0 Å². The van der Waals surface area contributed by atoms with Crippen LogP contribution >= 0.6 is 23.2 Å². The van der Waals surface area contributed by atoms with Crippen LogP contribution in [0.15, 0.2) is 47.5 Å².